The number of carbonyl (C=O) groups excluding carboxylic acids is 5. The van der Waals surface area contributed by atoms with Crippen LogP contribution in [0.25, 0.3) is 10.8 Å². The highest BCUT2D eigenvalue weighted by molar-refractivity contribution is 9.10. The van der Waals surface area contributed by atoms with E-state index in [-0.39, 0.29) is 37.6 Å². The van der Waals surface area contributed by atoms with Crippen LogP contribution >= 0.6 is 15.9 Å². The van der Waals surface area contributed by atoms with Gasteiger partial charge in [-0.05, 0) is 82.1 Å². The highest BCUT2D eigenvalue weighted by Crippen LogP contribution is 2.38. The molecule has 0 bridgehead atoms. The van der Waals surface area contributed by atoms with E-state index < -0.39 is 35.6 Å². The van der Waals surface area contributed by atoms with Crippen molar-refractivity contribution in [3.05, 3.63) is 64.6 Å². The van der Waals surface area contributed by atoms with Crippen LogP contribution in [0.2, 0.25) is 0 Å². The summed E-state index contributed by atoms with van der Waals surface area (Å²) in [5, 5.41) is 4.63. The summed E-state index contributed by atoms with van der Waals surface area (Å²) < 4.78 is 12.1. The number of benzene rings is 3. The van der Waals surface area contributed by atoms with E-state index >= 15 is 0 Å². The summed E-state index contributed by atoms with van der Waals surface area (Å²) in [4.78, 5) is 70.6. The molecule has 4 rings (SSSR count). The Morgan fingerprint density at radius 1 is 1.04 bits per heavy atom. The van der Waals surface area contributed by atoms with Gasteiger partial charge in [-0.15, -0.1) is 0 Å². The number of rotatable bonds is 10. The highest BCUT2D eigenvalue weighted by Gasteiger charge is 2.38. The number of hydrogen-bond donors (Lipinski definition) is 1. The molecule has 256 valence electrons. The molecule has 1 aliphatic heterocycles. The van der Waals surface area contributed by atoms with E-state index in [1.165, 1.54) is 25.8 Å². The SMILES string of the molecule is COc1ccc2cc(Br)ccc2c1CN1C(=O)[C@@H](NC(=O)[C@H](C)N(C)C(=O)OC(C)(C)C)CN(C(=O)CCCC(C)=O)c2ccccc21. The molecule has 0 radical (unpaired) electrons. The van der Waals surface area contributed by atoms with E-state index in [1.807, 2.05) is 30.3 Å². The molecule has 0 aromatic heterocycles. The Morgan fingerprint density at radius 2 is 1.73 bits per heavy atom. The number of anilines is 2. The Bertz CT molecular complexity index is 1720. The van der Waals surface area contributed by atoms with Gasteiger partial charge in [0.15, 0.2) is 0 Å². The summed E-state index contributed by atoms with van der Waals surface area (Å²) in [6.07, 6.45) is -0.0182. The number of hydrogen-bond acceptors (Lipinski definition) is 7. The lowest BCUT2D eigenvalue weighted by Crippen LogP contribution is -2.57. The van der Waals surface area contributed by atoms with Crippen molar-refractivity contribution in [3.63, 3.8) is 0 Å². The Balaban J connectivity index is 1.77. The average molecular weight is 724 g/mol. The minimum Gasteiger partial charge on any atom is -0.496 e. The van der Waals surface area contributed by atoms with Crippen LogP contribution in [0, 0.1) is 0 Å². The number of para-hydroxylation sites is 2. The lowest BCUT2D eigenvalue weighted by atomic mass is 10.0. The summed E-state index contributed by atoms with van der Waals surface area (Å²) in [6, 6.07) is 14.5. The zero-order valence-electron chi connectivity index (χ0n) is 28.5. The lowest BCUT2D eigenvalue weighted by molar-refractivity contribution is -0.130. The maximum atomic E-state index is 14.6. The number of carbonyl (C=O) groups is 5. The minimum absolute atomic E-state index is 0.0234. The number of methoxy groups -OCH3 is 1. The topological polar surface area (TPSA) is 126 Å². The lowest BCUT2D eigenvalue weighted by Gasteiger charge is -2.30. The van der Waals surface area contributed by atoms with Crippen molar-refractivity contribution in [2.24, 2.45) is 0 Å². The van der Waals surface area contributed by atoms with E-state index in [1.54, 1.807) is 57.0 Å². The van der Waals surface area contributed by atoms with Gasteiger partial charge in [0.2, 0.25) is 11.8 Å². The normalized spacial score (nSPS) is 15.3. The zero-order valence-corrected chi connectivity index (χ0v) is 30.0. The fourth-order valence-electron chi connectivity index (χ4n) is 5.53. The van der Waals surface area contributed by atoms with E-state index in [2.05, 4.69) is 21.2 Å². The van der Waals surface area contributed by atoms with Gasteiger partial charge in [0.25, 0.3) is 5.91 Å². The Morgan fingerprint density at radius 3 is 2.38 bits per heavy atom. The number of ketones is 1. The molecule has 0 unspecified atom stereocenters. The molecule has 0 saturated carbocycles. The van der Waals surface area contributed by atoms with Crippen LogP contribution in [0.15, 0.2) is 59.1 Å². The van der Waals surface area contributed by atoms with Gasteiger partial charge in [-0.1, -0.05) is 40.2 Å². The molecule has 11 nitrogen and oxygen atoms in total. The molecule has 1 aliphatic rings. The van der Waals surface area contributed by atoms with Gasteiger partial charge in [0.1, 0.15) is 29.2 Å². The monoisotopic (exact) mass is 722 g/mol. The maximum absolute atomic E-state index is 14.6. The second-order valence-corrected chi connectivity index (χ2v) is 13.8. The van der Waals surface area contributed by atoms with Gasteiger partial charge in [-0.3, -0.25) is 19.3 Å². The molecular weight excluding hydrogens is 680 g/mol. The van der Waals surface area contributed by atoms with E-state index in [0.29, 0.717) is 23.5 Å². The second kappa shape index (κ2) is 15.2. The maximum Gasteiger partial charge on any atom is 0.410 e. The fourth-order valence-corrected chi connectivity index (χ4v) is 5.91. The van der Waals surface area contributed by atoms with Gasteiger partial charge in [-0.25, -0.2) is 4.79 Å². The van der Waals surface area contributed by atoms with E-state index in [0.717, 1.165) is 25.7 Å². The first-order valence-electron chi connectivity index (χ1n) is 15.8. The second-order valence-electron chi connectivity index (χ2n) is 12.9. The van der Waals surface area contributed by atoms with Crippen molar-refractivity contribution in [1.82, 2.24) is 10.2 Å². The fraction of sp³-hybridized carbons (Fsp3) is 0.417. The molecule has 0 saturated heterocycles. The third-order valence-electron chi connectivity index (χ3n) is 8.16. The number of likely N-dealkylation sites (N-methyl/N-ethyl adjacent to an activating group) is 1. The molecule has 0 fully saturated rings. The van der Waals surface area contributed by atoms with Gasteiger partial charge in [-0.2, -0.15) is 0 Å². The molecular formula is C36H43BrN4O7. The van der Waals surface area contributed by atoms with Crippen LogP contribution in [0.5, 0.6) is 5.75 Å². The summed E-state index contributed by atoms with van der Waals surface area (Å²) in [5.74, 6) is -0.777. The van der Waals surface area contributed by atoms with Crippen LogP contribution < -0.4 is 19.9 Å². The molecule has 4 amide bonds. The predicted molar refractivity (Wildman–Crippen MR) is 188 cm³/mol. The summed E-state index contributed by atoms with van der Waals surface area (Å²) in [7, 11) is 3.01. The standard InChI is InChI=1S/C36H43BrN4O7/c1-22(42)11-10-14-32(43)40-21-28(38-33(44)23(2)39(6)35(46)48-36(3,4)5)34(45)41(30-13-9-8-12-29(30)40)20-27-26-17-16-25(37)19-24(26)15-18-31(27)47-7/h8-9,12-13,15-19,23,28H,10-11,14,20-21H2,1-7H3,(H,38,44)/t23-,28-/m0/s1. The summed E-state index contributed by atoms with van der Waals surface area (Å²) in [5.41, 5.74) is 0.952. The Kier molecular flexibility index (Phi) is 11.5. The minimum atomic E-state index is -1.17. The van der Waals surface area contributed by atoms with Gasteiger partial charge >= 0.3 is 6.09 Å². The molecule has 1 N–H and O–H groups in total. The van der Waals surface area contributed by atoms with Crippen LogP contribution in [0.3, 0.4) is 0 Å². The molecule has 1 heterocycles. The Labute approximate surface area is 289 Å². The highest BCUT2D eigenvalue weighted by atomic mass is 79.9. The van der Waals surface area contributed by atoms with Crippen molar-refractivity contribution in [1.29, 1.82) is 0 Å². The van der Waals surface area contributed by atoms with Gasteiger partial charge in [0.05, 0.1) is 31.6 Å². The smallest absolute Gasteiger partial charge is 0.410 e. The number of Topliss-reactive ketones (excluding diaryl/α,β-unsaturated/α-hetero) is 1. The zero-order chi connectivity index (χ0) is 35.3. The molecule has 0 aliphatic carbocycles. The van der Waals surface area contributed by atoms with Crippen molar-refractivity contribution in [2.75, 3.05) is 30.5 Å². The first-order valence-corrected chi connectivity index (χ1v) is 16.6. The van der Waals surface area contributed by atoms with E-state index in [9.17, 15) is 24.0 Å². The number of fused-ring (bicyclic) bond motifs is 2. The van der Waals surface area contributed by atoms with Crippen LogP contribution in [-0.4, -0.2) is 72.9 Å². The van der Waals surface area contributed by atoms with Crippen LogP contribution in [-0.2, 0) is 30.5 Å². The van der Waals surface area contributed by atoms with Crippen molar-refractivity contribution >= 4 is 67.7 Å². The van der Waals surface area contributed by atoms with Crippen LogP contribution in [0.1, 0.15) is 59.4 Å². The number of ether oxygens (including phenoxy) is 2. The third-order valence-corrected chi connectivity index (χ3v) is 8.65. The van der Waals surface area contributed by atoms with Crippen LogP contribution in [0.4, 0.5) is 16.2 Å². The van der Waals surface area contributed by atoms with Crippen molar-refractivity contribution < 1.29 is 33.4 Å². The van der Waals surface area contributed by atoms with Gasteiger partial charge < -0.3 is 29.4 Å². The van der Waals surface area contributed by atoms with Crippen molar-refractivity contribution in [2.45, 2.75) is 78.1 Å². The summed E-state index contributed by atoms with van der Waals surface area (Å²) in [6.45, 7) is 8.12. The Hall–Kier alpha value is -4.45. The number of nitrogens with zero attached hydrogens (tertiary/aromatic N) is 3. The number of amides is 4. The molecule has 12 heteroatoms. The van der Waals surface area contributed by atoms with Crippen molar-refractivity contribution in [3.8, 4) is 5.75 Å². The molecule has 3 aromatic rings. The molecule has 2 atom stereocenters. The van der Waals surface area contributed by atoms with E-state index in [4.69, 9.17) is 9.47 Å². The predicted octanol–water partition coefficient (Wildman–Crippen LogP) is 5.99. The van der Waals surface area contributed by atoms with Gasteiger partial charge in [0, 0.05) is 29.9 Å². The molecule has 0 spiro atoms. The number of halogens is 1. The average Bonchev–Trinajstić information content (AvgIpc) is 3.13. The largest absolute Gasteiger partial charge is 0.496 e. The number of nitrogens with one attached hydrogen (secondary N) is 1. The first-order chi connectivity index (χ1) is 22.6. The molecule has 48 heavy (non-hydrogen) atoms. The third kappa shape index (κ3) is 8.52. The first kappa shape index (κ1) is 36.4. The molecule has 3 aromatic carbocycles. The quantitative estimate of drug-likeness (QED) is 0.273. The summed E-state index contributed by atoms with van der Waals surface area (Å²) >= 11 is 3.53.